The molecule has 4 nitrogen and oxygen atoms in total. The second-order valence-corrected chi connectivity index (χ2v) is 6.42. The highest BCUT2D eigenvalue weighted by molar-refractivity contribution is 9.10. The number of carbonyl (C=O) groups excluding carboxylic acids is 1. The fourth-order valence-electron chi connectivity index (χ4n) is 2.74. The first kappa shape index (κ1) is 16.3. The minimum absolute atomic E-state index is 0.143. The van der Waals surface area contributed by atoms with Gasteiger partial charge in [-0.3, -0.25) is 0 Å². The Bertz CT molecular complexity index is 495. The van der Waals surface area contributed by atoms with E-state index in [2.05, 4.69) is 33.2 Å². The van der Waals surface area contributed by atoms with Crippen molar-refractivity contribution in [3.8, 4) is 0 Å². The lowest BCUT2D eigenvalue weighted by Crippen LogP contribution is -2.48. The maximum absolute atomic E-state index is 12.6. The van der Waals surface area contributed by atoms with Crippen LogP contribution in [0.15, 0.2) is 28.7 Å². The number of halogens is 1. The monoisotopic (exact) mass is 354 g/mol. The number of esters is 1. The average Bonchev–Trinajstić information content (AvgIpc) is 2.65. The van der Waals surface area contributed by atoms with Crippen molar-refractivity contribution in [3.63, 3.8) is 0 Å². The van der Waals surface area contributed by atoms with Gasteiger partial charge >= 0.3 is 5.97 Å². The van der Waals surface area contributed by atoms with Crippen LogP contribution < -0.4 is 5.32 Å². The summed E-state index contributed by atoms with van der Waals surface area (Å²) in [6.07, 6.45) is 2.52. The number of likely N-dealkylation sites (tertiary alicyclic amines) is 1. The van der Waals surface area contributed by atoms with E-state index in [0.717, 1.165) is 42.5 Å². The van der Waals surface area contributed by atoms with Crippen LogP contribution >= 0.6 is 15.9 Å². The fraction of sp³-hybridized carbons (Fsp3) is 0.562. The number of hydrogen-bond acceptors (Lipinski definition) is 4. The molecule has 1 heterocycles. The van der Waals surface area contributed by atoms with Crippen LogP contribution in [0, 0.1) is 0 Å². The second kappa shape index (κ2) is 7.27. The predicted octanol–water partition coefficient (Wildman–Crippen LogP) is 3.28. The Labute approximate surface area is 135 Å². The molecule has 1 atom stereocenters. The van der Waals surface area contributed by atoms with Crippen molar-refractivity contribution in [1.82, 2.24) is 4.90 Å². The molecule has 1 aliphatic heterocycles. The van der Waals surface area contributed by atoms with Gasteiger partial charge in [-0.1, -0.05) is 12.1 Å². The second-order valence-electron chi connectivity index (χ2n) is 5.56. The zero-order valence-electron chi connectivity index (χ0n) is 12.7. The first-order valence-electron chi connectivity index (χ1n) is 7.46. The number of rotatable bonds is 4. The molecule has 0 aromatic heterocycles. The lowest BCUT2D eigenvalue weighted by molar-refractivity contribution is -0.149. The minimum atomic E-state index is -0.634. The van der Waals surface area contributed by atoms with Gasteiger partial charge in [0.05, 0.1) is 6.61 Å². The van der Waals surface area contributed by atoms with Crippen LogP contribution in [0.25, 0.3) is 0 Å². The number of hydrogen-bond donors (Lipinski definition) is 1. The summed E-state index contributed by atoms with van der Waals surface area (Å²) in [4.78, 5) is 14.8. The predicted molar refractivity (Wildman–Crippen MR) is 88.5 cm³/mol. The van der Waals surface area contributed by atoms with E-state index in [1.54, 1.807) is 0 Å². The van der Waals surface area contributed by atoms with Gasteiger partial charge in [0.25, 0.3) is 0 Å². The van der Waals surface area contributed by atoms with Gasteiger partial charge in [-0.25, -0.2) is 4.79 Å². The van der Waals surface area contributed by atoms with Crippen molar-refractivity contribution in [2.24, 2.45) is 0 Å². The van der Waals surface area contributed by atoms with E-state index in [0.29, 0.717) is 6.61 Å². The van der Waals surface area contributed by atoms with Crippen molar-refractivity contribution >= 4 is 27.6 Å². The number of ether oxygens (including phenoxy) is 1. The first-order chi connectivity index (χ1) is 10.1. The third-order valence-corrected chi connectivity index (χ3v) is 4.67. The molecule has 1 saturated heterocycles. The number of nitrogens with one attached hydrogen (secondary N) is 1. The van der Waals surface area contributed by atoms with Crippen molar-refractivity contribution in [3.05, 3.63) is 28.7 Å². The summed E-state index contributed by atoms with van der Waals surface area (Å²) in [6, 6.07) is 7.89. The number of anilines is 1. The third-order valence-electron chi connectivity index (χ3n) is 3.98. The van der Waals surface area contributed by atoms with Gasteiger partial charge in [0.2, 0.25) is 0 Å². The molecule has 0 radical (unpaired) electrons. The smallest absolute Gasteiger partial charge is 0.331 e. The van der Waals surface area contributed by atoms with Crippen LogP contribution in [0.5, 0.6) is 0 Å². The number of nitrogens with zero attached hydrogens (tertiary/aromatic N) is 1. The first-order valence-corrected chi connectivity index (χ1v) is 8.25. The van der Waals surface area contributed by atoms with E-state index in [4.69, 9.17) is 4.74 Å². The molecule has 1 aliphatic rings. The molecule has 2 rings (SSSR count). The highest BCUT2D eigenvalue weighted by Crippen LogP contribution is 2.31. The topological polar surface area (TPSA) is 41.6 Å². The van der Waals surface area contributed by atoms with Crippen molar-refractivity contribution in [2.75, 3.05) is 32.1 Å². The zero-order chi connectivity index (χ0) is 15.3. The fourth-order valence-corrected chi connectivity index (χ4v) is 3.12. The summed E-state index contributed by atoms with van der Waals surface area (Å²) in [5.41, 5.74) is 0.306. The third kappa shape index (κ3) is 3.98. The van der Waals surface area contributed by atoms with Gasteiger partial charge < -0.3 is 15.0 Å². The number of benzene rings is 1. The van der Waals surface area contributed by atoms with Gasteiger partial charge in [-0.2, -0.15) is 0 Å². The summed E-state index contributed by atoms with van der Waals surface area (Å²) in [6.45, 7) is 4.16. The van der Waals surface area contributed by atoms with Crippen LogP contribution in [0.4, 0.5) is 5.69 Å². The molecule has 5 heteroatoms. The molecule has 1 unspecified atom stereocenters. The summed E-state index contributed by atoms with van der Waals surface area (Å²) in [5, 5.41) is 3.46. The molecule has 0 amide bonds. The maximum Gasteiger partial charge on any atom is 0.331 e. The van der Waals surface area contributed by atoms with Gasteiger partial charge in [0.15, 0.2) is 0 Å². The molecular weight excluding hydrogens is 332 g/mol. The van der Waals surface area contributed by atoms with Crippen molar-refractivity contribution in [2.45, 2.75) is 31.7 Å². The largest absolute Gasteiger partial charge is 0.464 e. The van der Waals surface area contributed by atoms with Crippen LogP contribution in [-0.4, -0.2) is 43.2 Å². The quantitative estimate of drug-likeness (QED) is 0.842. The summed E-state index contributed by atoms with van der Waals surface area (Å²) in [7, 11) is 2.10. The van der Waals surface area contributed by atoms with E-state index in [-0.39, 0.29) is 5.97 Å². The van der Waals surface area contributed by atoms with E-state index in [1.165, 1.54) is 0 Å². The van der Waals surface area contributed by atoms with E-state index >= 15 is 0 Å². The minimum Gasteiger partial charge on any atom is -0.464 e. The highest BCUT2D eigenvalue weighted by Gasteiger charge is 2.41. The van der Waals surface area contributed by atoms with E-state index in [1.807, 2.05) is 31.2 Å². The van der Waals surface area contributed by atoms with Gasteiger partial charge in [-0.15, -0.1) is 0 Å². The molecule has 0 spiro atoms. The van der Waals surface area contributed by atoms with Gasteiger partial charge in [0.1, 0.15) is 5.54 Å². The lowest BCUT2D eigenvalue weighted by atomic mass is 9.90. The summed E-state index contributed by atoms with van der Waals surface area (Å²) >= 11 is 3.54. The van der Waals surface area contributed by atoms with Crippen LogP contribution in [0.2, 0.25) is 0 Å². The van der Waals surface area contributed by atoms with Crippen LogP contribution in [0.1, 0.15) is 26.2 Å². The average molecular weight is 355 g/mol. The Balaban J connectivity index is 2.27. The van der Waals surface area contributed by atoms with Crippen molar-refractivity contribution < 1.29 is 9.53 Å². The molecule has 1 aromatic rings. The normalized spacial score (nSPS) is 23.4. The van der Waals surface area contributed by atoms with Crippen molar-refractivity contribution in [1.29, 1.82) is 0 Å². The number of carbonyl (C=O) groups is 1. The molecular formula is C16H23BrN2O2. The molecule has 0 bridgehead atoms. The Hall–Kier alpha value is -1.07. The molecule has 1 N–H and O–H groups in total. The summed E-state index contributed by atoms with van der Waals surface area (Å²) < 4.78 is 6.32. The molecule has 116 valence electrons. The highest BCUT2D eigenvalue weighted by atomic mass is 79.9. The Morgan fingerprint density at radius 2 is 2.14 bits per heavy atom. The maximum atomic E-state index is 12.6. The standard InChI is InChI=1S/C16H23BrN2O2/c1-3-21-15(20)16(9-6-11-19(2)12-10-16)18-14-8-5-4-7-13(14)17/h4-5,7-8,18H,3,6,9-12H2,1-2H3. The molecule has 1 fully saturated rings. The Kier molecular flexibility index (Phi) is 5.65. The van der Waals surface area contributed by atoms with Gasteiger partial charge in [-0.05, 0) is 67.8 Å². The Morgan fingerprint density at radius 3 is 2.86 bits per heavy atom. The molecule has 21 heavy (non-hydrogen) atoms. The number of para-hydroxylation sites is 1. The molecule has 0 aliphatic carbocycles. The molecule has 0 saturated carbocycles. The van der Waals surface area contributed by atoms with Crippen LogP contribution in [-0.2, 0) is 9.53 Å². The lowest BCUT2D eigenvalue weighted by Gasteiger charge is -2.32. The Morgan fingerprint density at radius 1 is 1.38 bits per heavy atom. The SMILES string of the molecule is CCOC(=O)C1(Nc2ccccc2Br)CCCN(C)CC1. The zero-order valence-corrected chi connectivity index (χ0v) is 14.3. The van der Waals surface area contributed by atoms with Crippen LogP contribution in [0.3, 0.4) is 0 Å². The summed E-state index contributed by atoms with van der Waals surface area (Å²) in [5.74, 6) is -0.143. The van der Waals surface area contributed by atoms with E-state index < -0.39 is 5.54 Å². The molecule has 1 aromatic carbocycles. The van der Waals surface area contributed by atoms with Gasteiger partial charge in [0, 0.05) is 16.7 Å². The van der Waals surface area contributed by atoms with E-state index in [9.17, 15) is 4.79 Å².